The minimum absolute atomic E-state index is 0.656. The first-order valence-corrected chi connectivity index (χ1v) is 6.46. The molecule has 0 aliphatic carbocycles. The summed E-state index contributed by atoms with van der Waals surface area (Å²) in [5.41, 5.74) is 8.90. The van der Waals surface area contributed by atoms with Crippen molar-refractivity contribution in [3.05, 3.63) is 51.9 Å². The van der Waals surface area contributed by atoms with Crippen molar-refractivity contribution in [2.24, 2.45) is 5.73 Å². The lowest BCUT2D eigenvalue weighted by molar-refractivity contribution is 0.390. The van der Waals surface area contributed by atoms with Crippen LogP contribution in [-0.4, -0.2) is 11.7 Å². The van der Waals surface area contributed by atoms with Crippen LogP contribution in [-0.2, 0) is 19.3 Å². The van der Waals surface area contributed by atoms with E-state index in [-0.39, 0.29) is 0 Å². The molecule has 0 aliphatic rings. The van der Waals surface area contributed by atoms with Crippen LogP contribution in [0.3, 0.4) is 0 Å². The van der Waals surface area contributed by atoms with Crippen LogP contribution < -0.4 is 5.73 Å². The number of halogens is 1. The average Bonchev–Trinajstić information content (AvgIpc) is 2.76. The minimum atomic E-state index is 0.656. The van der Waals surface area contributed by atoms with Crippen LogP contribution >= 0.6 is 11.6 Å². The first-order valence-electron chi connectivity index (χ1n) is 6.08. The maximum absolute atomic E-state index is 6.19. The molecule has 0 fully saturated rings. The van der Waals surface area contributed by atoms with Crippen LogP contribution in [0.4, 0.5) is 0 Å². The second-order valence-electron chi connectivity index (χ2n) is 4.39. The largest absolute Gasteiger partial charge is 0.361 e. The predicted molar refractivity (Wildman–Crippen MR) is 72.9 cm³/mol. The average molecular weight is 265 g/mol. The van der Waals surface area contributed by atoms with Gasteiger partial charge in [0.05, 0.1) is 5.69 Å². The molecule has 0 bridgehead atoms. The van der Waals surface area contributed by atoms with Crippen molar-refractivity contribution in [1.29, 1.82) is 0 Å². The summed E-state index contributed by atoms with van der Waals surface area (Å²) < 4.78 is 5.05. The summed E-state index contributed by atoms with van der Waals surface area (Å²) in [6, 6.07) is 8.05. The molecule has 0 radical (unpaired) electrons. The van der Waals surface area contributed by atoms with Gasteiger partial charge in [-0.3, -0.25) is 0 Å². The van der Waals surface area contributed by atoms with Gasteiger partial charge in [-0.15, -0.1) is 0 Å². The quantitative estimate of drug-likeness (QED) is 0.903. The normalized spacial score (nSPS) is 10.8. The third kappa shape index (κ3) is 3.34. The third-order valence-electron chi connectivity index (χ3n) is 2.87. The van der Waals surface area contributed by atoms with E-state index in [0.29, 0.717) is 6.54 Å². The fourth-order valence-electron chi connectivity index (χ4n) is 1.94. The summed E-state index contributed by atoms with van der Waals surface area (Å²) in [4.78, 5) is 0. The third-order valence-corrected chi connectivity index (χ3v) is 3.24. The summed E-state index contributed by atoms with van der Waals surface area (Å²) in [6.07, 6.45) is 2.58. The van der Waals surface area contributed by atoms with E-state index in [4.69, 9.17) is 21.9 Å². The predicted octanol–water partition coefficient (Wildman–Crippen LogP) is 2.92. The van der Waals surface area contributed by atoms with Crippen LogP contribution in [0.5, 0.6) is 0 Å². The fourth-order valence-corrected chi connectivity index (χ4v) is 2.15. The topological polar surface area (TPSA) is 52.0 Å². The van der Waals surface area contributed by atoms with E-state index in [1.54, 1.807) is 0 Å². The summed E-state index contributed by atoms with van der Waals surface area (Å²) in [7, 11) is 0. The van der Waals surface area contributed by atoms with Crippen LogP contribution in [0.25, 0.3) is 0 Å². The van der Waals surface area contributed by atoms with Crippen molar-refractivity contribution in [2.45, 2.75) is 26.2 Å². The van der Waals surface area contributed by atoms with Crippen molar-refractivity contribution in [1.82, 2.24) is 5.16 Å². The molecule has 1 heterocycles. The number of aryl methyl sites for hydroxylation is 3. The number of hydrogen-bond donors (Lipinski definition) is 1. The molecule has 18 heavy (non-hydrogen) atoms. The second kappa shape index (κ2) is 6.03. The highest BCUT2D eigenvalue weighted by Crippen LogP contribution is 2.20. The van der Waals surface area contributed by atoms with Gasteiger partial charge in [0.25, 0.3) is 0 Å². The first-order chi connectivity index (χ1) is 8.69. The van der Waals surface area contributed by atoms with Crippen LogP contribution in [0.15, 0.2) is 28.8 Å². The van der Waals surface area contributed by atoms with Crippen molar-refractivity contribution < 1.29 is 4.52 Å². The SMILES string of the molecule is Cc1cc(CCc2cc(CCN)ccc2Cl)no1. The Morgan fingerprint density at radius 3 is 2.72 bits per heavy atom. The highest BCUT2D eigenvalue weighted by Gasteiger charge is 2.05. The van der Waals surface area contributed by atoms with Crippen LogP contribution in [0.1, 0.15) is 22.6 Å². The molecule has 2 N–H and O–H groups in total. The van der Waals surface area contributed by atoms with E-state index in [1.807, 2.05) is 25.1 Å². The maximum atomic E-state index is 6.19. The van der Waals surface area contributed by atoms with Gasteiger partial charge < -0.3 is 10.3 Å². The van der Waals surface area contributed by atoms with Gasteiger partial charge in [0.15, 0.2) is 0 Å². The van der Waals surface area contributed by atoms with Gasteiger partial charge in [0, 0.05) is 11.1 Å². The van der Waals surface area contributed by atoms with Gasteiger partial charge in [0.1, 0.15) is 5.76 Å². The van der Waals surface area contributed by atoms with E-state index in [1.165, 1.54) is 5.56 Å². The number of nitrogens with two attached hydrogens (primary N) is 1. The van der Waals surface area contributed by atoms with Crippen molar-refractivity contribution >= 4 is 11.6 Å². The van der Waals surface area contributed by atoms with E-state index >= 15 is 0 Å². The zero-order valence-corrected chi connectivity index (χ0v) is 11.2. The van der Waals surface area contributed by atoms with Gasteiger partial charge in [0.2, 0.25) is 0 Å². The highest BCUT2D eigenvalue weighted by atomic mass is 35.5. The Bertz CT molecular complexity index is 522. The van der Waals surface area contributed by atoms with Crippen molar-refractivity contribution in [3.63, 3.8) is 0 Å². The van der Waals surface area contributed by atoms with Crippen LogP contribution in [0, 0.1) is 6.92 Å². The number of nitrogens with zero attached hydrogens (tertiary/aromatic N) is 1. The number of benzene rings is 1. The molecule has 3 nitrogen and oxygen atoms in total. The molecular weight excluding hydrogens is 248 g/mol. The molecule has 2 rings (SSSR count). The van der Waals surface area contributed by atoms with Gasteiger partial charge >= 0.3 is 0 Å². The van der Waals surface area contributed by atoms with Gasteiger partial charge in [-0.2, -0.15) is 0 Å². The Morgan fingerprint density at radius 1 is 1.22 bits per heavy atom. The Kier molecular flexibility index (Phi) is 4.39. The lowest BCUT2D eigenvalue weighted by Crippen LogP contribution is -2.03. The smallest absolute Gasteiger partial charge is 0.133 e. The minimum Gasteiger partial charge on any atom is -0.361 e. The molecule has 0 saturated heterocycles. The lowest BCUT2D eigenvalue weighted by Gasteiger charge is -2.06. The van der Waals surface area contributed by atoms with Crippen LogP contribution in [0.2, 0.25) is 5.02 Å². The molecular formula is C14H17ClN2O. The Labute approximate surface area is 112 Å². The Hall–Kier alpha value is -1.32. The van der Waals surface area contributed by atoms with Gasteiger partial charge in [-0.1, -0.05) is 28.9 Å². The number of hydrogen-bond acceptors (Lipinski definition) is 3. The van der Waals surface area contributed by atoms with E-state index in [0.717, 1.165) is 41.3 Å². The highest BCUT2D eigenvalue weighted by molar-refractivity contribution is 6.31. The van der Waals surface area contributed by atoms with Crippen molar-refractivity contribution in [2.75, 3.05) is 6.54 Å². The Balaban J connectivity index is 2.05. The summed E-state index contributed by atoms with van der Waals surface area (Å²) >= 11 is 6.19. The van der Waals surface area contributed by atoms with Crippen molar-refractivity contribution in [3.8, 4) is 0 Å². The molecule has 1 aromatic heterocycles. The standard InChI is InChI=1S/C14H17ClN2O/c1-10-8-13(17-18-10)4-3-12-9-11(6-7-16)2-5-14(12)15/h2,5,8-9H,3-4,6-7,16H2,1H3. The zero-order valence-electron chi connectivity index (χ0n) is 10.4. The number of rotatable bonds is 5. The van der Waals surface area contributed by atoms with E-state index in [2.05, 4.69) is 11.2 Å². The molecule has 0 spiro atoms. The fraction of sp³-hybridized carbons (Fsp3) is 0.357. The zero-order chi connectivity index (χ0) is 13.0. The maximum Gasteiger partial charge on any atom is 0.133 e. The second-order valence-corrected chi connectivity index (χ2v) is 4.80. The van der Waals surface area contributed by atoms with E-state index in [9.17, 15) is 0 Å². The summed E-state index contributed by atoms with van der Waals surface area (Å²) in [6.45, 7) is 2.55. The molecule has 2 aromatic rings. The summed E-state index contributed by atoms with van der Waals surface area (Å²) in [5, 5.41) is 4.78. The van der Waals surface area contributed by atoms with Gasteiger partial charge in [-0.05, 0) is 49.9 Å². The van der Waals surface area contributed by atoms with E-state index < -0.39 is 0 Å². The lowest BCUT2D eigenvalue weighted by atomic mass is 10.0. The molecule has 0 unspecified atom stereocenters. The molecule has 4 heteroatoms. The monoisotopic (exact) mass is 264 g/mol. The molecule has 0 saturated carbocycles. The molecule has 0 atom stereocenters. The summed E-state index contributed by atoms with van der Waals surface area (Å²) in [5.74, 6) is 0.841. The molecule has 0 aliphatic heterocycles. The molecule has 0 amide bonds. The number of aromatic nitrogens is 1. The molecule has 96 valence electrons. The Morgan fingerprint density at radius 2 is 2.06 bits per heavy atom. The molecule has 1 aromatic carbocycles. The first kappa shape index (κ1) is 13.1. The van der Waals surface area contributed by atoms with Gasteiger partial charge in [-0.25, -0.2) is 0 Å².